The molecule has 0 bridgehead atoms. The van der Waals surface area contributed by atoms with Crippen LogP contribution in [0.3, 0.4) is 0 Å². The Morgan fingerprint density at radius 1 is 1.06 bits per heavy atom. The van der Waals surface area contributed by atoms with Gasteiger partial charge < -0.3 is 24.6 Å². The van der Waals surface area contributed by atoms with Crippen molar-refractivity contribution in [3.05, 3.63) is 65.2 Å². The third-order valence-corrected chi connectivity index (χ3v) is 4.01. The quantitative estimate of drug-likeness (QED) is 0.445. The summed E-state index contributed by atoms with van der Waals surface area (Å²) in [6.45, 7) is 5.09. The SMILES string of the molecule is COc1cc(C=CC(=O)c2cccc(CNC(=O)OC(C)(C)C)c2)ccc1OCC(=O)O. The normalized spacial score (nSPS) is 11.1. The number of carbonyl (C=O) groups is 3. The standard InChI is InChI=1S/C24H27NO7/c1-24(2,3)32-23(29)25-14-17-6-5-7-18(12-17)19(26)10-8-16-9-11-20(21(13-16)30-4)31-15-22(27)28/h5-13H,14-15H2,1-4H3,(H,25,29)(H,27,28). The molecule has 8 heteroatoms. The first-order valence-electron chi connectivity index (χ1n) is 9.88. The Bertz CT molecular complexity index is 1010. The van der Waals surface area contributed by atoms with E-state index in [0.717, 1.165) is 5.56 Å². The summed E-state index contributed by atoms with van der Waals surface area (Å²) in [5.41, 5.74) is 1.33. The minimum Gasteiger partial charge on any atom is -0.493 e. The second-order valence-corrected chi connectivity index (χ2v) is 7.85. The van der Waals surface area contributed by atoms with Crippen LogP contribution in [0.15, 0.2) is 48.5 Å². The summed E-state index contributed by atoms with van der Waals surface area (Å²) in [6, 6.07) is 11.8. The van der Waals surface area contributed by atoms with Crippen molar-refractivity contribution < 1.29 is 33.7 Å². The summed E-state index contributed by atoms with van der Waals surface area (Å²) in [5.74, 6) is -0.654. The predicted octanol–water partition coefficient (Wildman–Crippen LogP) is 4.08. The fourth-order valence-corrected chi connectivity index (χ4v) is 2.64. The number of ether oxygens (including phenoxy) is 3. The summed E-state index contributed by atoms with van der Waals surface area (Å²) >= 11 is 0. The number of alkyl carbamates (subject to hydrolysis) is 1. The van der Waals surface area contributed by atoms with E-state index >= 15 is 0 Å². The maximum absolute atomic E-state index is 12.6. The van der Waals surface area contributed by atoms with Gasteiger partial charge in [-0.25, -0.2) is 9.59 Å². The zero-order valence-corrected chi connectivity index (χ0v) is 18.5. The van der Waals surface area contributed by atoms with Crippen LogP contribution in [0, 0.1) is 0 Å². The summed E-state index contributed by atoms with van der Waals surface area (Å²) in [4.78, 5) is 35.0. The Balaban J connectivity index is 2.03. The van der Waals surface area contributed by atoms with Gasteiger partial charge in [0.1, 0.15) is 5.60 Å². The van der Waals surface area contributed by atoms with Crippen LogP contribution in [0.5, 0.6) is 11.5 Å². The van der Waals surface area contributed by atoms with Crippen LogP contribution in [0.1, 0.15) is 42.3 Å². The number of benzene rings is 2. The van der Waals surface area contributed by atoms with Gasteiger partial charge in [0.2, 0.25) is 0 Å². The second kappa shape index (κ2) is 11.0. The molecule has 0 aliphatic rings. The third kappa shape index (κ3) is 8.14. The number of amides is 1. The summed E-state index contributed by atoms with van der Waals surface area (Å²) in [5, 5.41) is 11.4. The van der Waals surface area contributed by atoms with Crippen molar-refractivity contribution in [2.24, 2.45) is 0 Å². The molecule has 0 saturated heterocycles. The van der Waals surface area contributed by atoms with Crippen LogP contribution < -0.4 is 14.8 Å². The minimum absolute atomic E-state index is 0.214. The van der Waals surface area contributed by atoms with Crippen LogP contribution >= 0.6 is 0 Å². The fourth-order valence-electron chi connectivity index (χ4n) is 2.64. The molecule has 0 saturated carbocycles. The van der Waals surface area contributed by atoms with Gasteiger partial charge in [0.15, 0.2) is 23.9 Å². The van der Waals surface area contributed by atoms with Crippen molar-refractivity contribution in [1.82, 2.24) is 5.32 Å². The lowest BCUT2D eigenvalue weighted by Crippen LogP contribution is -2.32. The van der Waals surface area contributed by atoms with Gasteiger partial charge >= 0.3 is 12.1 Å². The molecule has 2 aromatic carbocycles. The zero-order chi connectivity index (χ0) is 23.7. The summed E-state index contributed by atoms with van der Waals surface area (Å²) < 4.78 is 15.6. The highest BCUT2D eigenvalue weighted by Gasteiger charge is 2.15. The highest BCUT2D eigenvalue weighted by atomic mass is 16.6. The van der Waals surface area contributed by atoms with Crippen molar-refractivity contribution in [3.8, 4) is 11.5 Å². The van der Waals surface area contributed by atoms with E-state index in [0.29, 0.717) is 22.6 Å². The summed E-state index contributed by atoms with van der Waals surface area (Å²) in [7, 11) is 1.44. The first-order chi connectivity index (χ1) is 15.1. The van der Waals surface area contributed by atoms with E-state index in [4.69, 9.17) is 19.3 Å². The number of allylic oxidation sites excluding steroid dienone is 1. The Labute approximate surface area is 186 Å². The van der Waals surface area contributed by atoms with Crippen LogP contribution in [0.25, 0.3) is 6.08 Å². The van der Waals surface area contributed by atoms with Gasteiger partial charge in [-0.2, -0.15) is 0 Å². The molecule has 8 nitrogen and oxygen atoms in total. The molecule has 1 amide bonds. The van der Waals surface area contributed by atoms with E-state index in [9.17, 15) is 14.4 Å². The monoisotopic (exact) mass is 441 g/mol. The predicted molar refractivity (Wildman–Crippen MR) is 119 cm³/mol. The van der Waals surface area contributed by atoms with Crippen molar-refractivity contribution in [3.63, 3.8) is 0 Å². The molecule has 2 rings (SSSR count). The van der Waals surface area contributed by atoms with Crippen molar-refractivity contribution >= 4 is 23.9 Å². The first-order valence-corrected chi connectivity index (χ1v) is 9.88. The number of aliphatic carboxylic acids is 1. The zero-order valence-electron chi connectivity index (χ0n) is 18.5. The van der Waals surface area contributed by atoms with Crippen LogP contribution in [-0.2, 0) is 16.1 Å². The molecule has 0 aromatic heterocycles. The molecule has 170 valence electrons. The molecule has 0 aliphatic carbocycles. The van der Waals surface area contributed by atoms with E-state index in [-0.39, 0.29) is 12.3 Å². The number of nitrogens with one attached hydrogen (secondary N) is 1. The number of methoxy groups -OCH3 is 1. The molecule has 0 atom stereocenters. The molecule has 0 heterocycles. The highest BCUT2D eigenvalue weighted by Crippen LogP contribution is 2.28. The average molecular weight is 441 g/mol. The van der Waals surface area contributed by atoms with E-state index in [1.807, 2.05) is 0 Å². The average Bonchev–Trinajstić information content (AvgIpc) is 2.73. The van der Waals surface area contributed by atoms with E-state index < -0.39 is 24.3 Å². The highest BCUT2D eigenvalue weighted by molar-refractivity contribution is 6.06. The van der Waals surface area contributed by atoms with Crippen LogP contribution in [0.2, 0.25) is 0 Å². The number of carboxylic acid groups (broad SMARTS) is 1. The lowest BCUT2D eigenvalue weighted by molar-refractivity contribution is -0.139. The summed E-state index contributed by atoms with van der Waals surface area (Å²) in [6.07, 6.45) is 2.52. The van der Waals surface area contributed by atoms with Gasteiger partial charge in [-0.3, -0.25) is 4.79 Å². The fraction of sp³-hybridized carbons (Fsp3) is 0.292. The van der Waals surface area contributed by atoms with E-state index in [1.54, 1.807) is 69.3 Å². The van der Waals surface area contributed by atoms with Gasteiger partial charge in [0.25, 0.3) is 0 Å². The molecule has 0 fully saturated rings. The Hall–Kier alpha value is -3.81. The minimum atomic E-state index is -1.09. The first kappa shape index (κ1) is 24.5. The number of rotatable bonds is 9. The number of hydrogen-bond acceptors (Lipinski definition) is 6. The molecule has 0 radical (unpaired) electrons. The van der Waals surface area contributed by atoms with Gasteiger partial charge in [0.05, 0.1) is 7.11 Å². The van der Waals surface area contributed by atoms with Crippen LogP contribution in [-0.4, -0.2) is 42.3 Å². The van der Waals surface area contributed by atoms with Crippen molar-refractivity contribution in [1.29, 1.82) is 0 Å². The third-order valence-electron chi connectivity index (χ3n) is 4.01. The Morgan fingerprint density at radius 2 is 1.81 bits per heavy atom. The topological polar surface area (TPSA) is 111 Å². The number of carbonyl (C=O) groups excluding carboxylic acids is 2. The molecule has 2 aromatic rings. The molecular weight excluding hydrogens is 414 g/mol. The van der Waals surface area contributed by atoms with Gasteiger partial charge in [-0.05, 0) is 56.2 Å². The molecule has 32 heavy (non-hydrogen) atoms. The maximum atomic E-state index is 12.6. The van der Waals surface area contributed by atoms with E-state index in [1.165, 1.54) is 13.2 Å². The molecule has 0 spiro atoms. The molecule has 2 N–H and O–H groups in total. The van der Waals surface area contributed by atoms with E-state index in [2.05, 4.69) is 5.32 Å². The van der Waals surface area contributed by atoms with Gasteiger partial charge in [-0.1, -0.05) is 30.3 Å². The number of hydrogen-bond donors (Lipinski definition) is 2. The van der Waals surface area contributed by atoms with Gasteiger partial charge in [-0.15, -0.1) is 0 Å². The van der Waals surface area contributed by atoms with Crippen molar-refractivity contribution in [2.45, 2.75) is 32.9 Å². The van der Waals surface area contributed by atoms with Crippen LogP contribution in [0.4, 0.5) is 4.79 Å². The number of ketones is 1. The molecular formula is C24H27NO7. The lowest BCUT2D eigenvalue weighted by Gasteiger charge is -2.19. The Morgan fingerprint density at radius 3 is 2.47 bits per heavy atom. The Kier molecular flexibility index (Phi) is 8.40. The number of carboxylic acids is 1. The smallest absolute Gasteiger partial charge is 0.407 e. The second-order valence-electron chi connectivity index (χ2n) is 7.85. The molecule has 0 unspecified atom stereocenters. The van der Waals surface area contributed by atoms with Gasteiger partial charge in [0, 0.05) is 12.1 Å². The lowest BCUT2D eigenvalue weighted by atomic mass is 10.1. The van der Waals surface area contributed by atoms with Crippen molar-refractivity contribution in [2.75, 3.05) is 13.7 Å². The largest absolute Gasteiger partial charge is 0.493 e. The molecule has 0 aliphatic heterocycles. The maximum Gasteiger partial charge on any atom is 0.407 e.